The zero-order chi connectivity index (χ0) is 7.82. The molecule has 0 atom stereocenters. The van der Waals surface area contributed by atoms with Gasteiger partial charge in [0.25, 0.3) is 0 Å². The molecule has 0 N–H and O–H groups in total. The SMILES string of the molecule is [CH2]CC=CCC(CC)CC. The van der Waals surface area contributed by atoms with E-state index in [9.17, 15) is 0 Å². The van der Waals surface area contributed by atoms with Crippen LogP contribution in [0.2, 0.25) is 0 Å². The fourth-order valence-electron chi connectivity index (χ4n) is 1.03. The first kappa shape index (κ1) is 9.74. The first-order valence-corrected chi connectivity index (χ1v) is 4.29. The third kappa shape index (κ3) is 4.60. The summed E-state index contributed by atoms with van der Waals surface area (Å²) in [6.07, 6.45) is 9.18. The molecule has 0 bridgehead atoms. The lowest BCUT2D eigenvalue weighted by Gasteiger charge is -2.07. The van der Waals surface area contributed by atoms with Gasteiger partial charge in [0.15, 0.2) is 0 Å². The molecule has 0 aromatic heterocycles. The van der Waals surface area contributed by atoms with Crippen LogP contribution in [0.4, 0.5) is 0 Å². The monoisotopic (exact) mass is 139 g/mol. The molecule has 1 radical (unpaired) electrons. The average molecular weight is 139 g/mol. The summed E-state index contributed by atoms with van der Waals surface area (Å²) in [5.41, 5.74) is 0. The van der Waals surface area contributed by atoms with Crippen LogP contribution >= 0.6 is 0 Å². The van der Waals surface area contributed by atoms with E-state index in [4.69, 9.17) is 0 Å². The molecule has 0 nitrogen and oxygen atoms in total. The van der Waals surface area contributed by atoms with Crippen molar-refractivity contribution >= 4 is 0 Å². The van der Waals surface area contributed by atoms with Crippen molar-refractivity contribution in [3.8, 4) is 0 Å². The molecular formula is C10H19. The van der Waals surface area contributed by atoms with Crippen molar-refractivity contribution < 1.29 is 0 Å². The molecule has 0 heterocycles. The van der Waals surface area contributed by atoms with Gasteiger partial charge >= 0.3 is 0 Å². The summed E-state index contributed by atoms with van der Waals surface area (Å²) in [6.45, 7) is 8.26. The minimum atomic E-state index is 0.891. The molecule has 0 aliphatic carbocycles. The molecule has 0 rings (SSSR count). The van der Waals surface area contributed by atoms with Gasteiger partial charge in [-0.2, -0.15) is 0 Å². The predicted octanol–water partition coefficient (Wildman–Crippen LogP) is 3.59. The average Bonchev–Trinajstić information content (AvgIpc) is 1.99. The minimum absolute atomic E-state index is 0.891. The van der Waals surface area contributed by atoms with E-state index in [1.807, 2.05) is 0 Å². The largest absolute Gasteiger partial charge is 0.0885 e. The molecule has 0 saturated carbocycles. The van der Waals surface area contributed by atoms with Crippen molar-refractivity contribution in [2.75, 3.05) is 0 Å². The second kappa shape index (κ2) is 6.85. The van der Waals surface area contributed by atoms with Crippen LogP contribution in [0.3, 0.4) is 0 Å². The highest BCUT2D eigenvalue weighted by Crippen LogP contribution is 2.12. The predicted molar refractivity (Wildman–Crippen MR) is 47.8 cm³/mol. The maximum Gasteiger partial charge on any atom is -0.0322 e. The molecule has 0 heteroatoms. The third-order valence-electron chi connectivity index (χ3n) is 1.96. The van der Waals surface area contributed by atoms with Crippen LogP contribution < -0.4 is 0 Å². The Labute approximate surface area is 65.3 Å². The fraction of sp³-hybridized carbons (Fsp3) is 0.700. The summed E-state index contributed by atoms with van der Waals surface area (Å²) in [7, 11) is 0. The van der Waals surface area contributed by atoms with E-state index >= 15 is 0 Å². The molecular weight excluding hydrogens is 120 g/mol. The van der Waals surface area contributed by atoms with Crippen molar-refractivity contribution in [1.29, 1.82) is 0 Å². The molecule has 0 amide bonds. The smallest absolute Gasteiger partial charge is 0.0322 e. The zero-order valence-corrected chi connectivity index (χ0v) is 7.27. The summed E-state index contributed by atoms with van der Waals surface area (Å²) in [4.78, 5) is 0. The van der Waals surface area contributed by atoms with Crippen molar-refractivity contribution in [3.05, 3.63) is 19.1 Å². The van der Waals surface area contributed by atoms with Crippen LogP contribution in [0.25, 0.3) is 0 Å². The van der Waals surface area contributed by atoms with Gasteiger partial charge in [0.1, 0.15) is 0 Å². The number of hydrogen-bond acceptors (Lipinski definition) is 0. The molecule has 0 aromatic carbocycles. The highest BCUT2D eigenvalue weighted by Gasteiger charge is 1.98. The second-order valence-corrected chi connectivity index (χ2v) is 2.68. The number of allylic oxidation sites excluding steroid dienone is 2. The summed E-state index contributed by atoms with van der Waals surface area (Å²) in [5, 5.41) is 0. The van der Waals surface area contributed by atoms with E-state index < -0.39 is 0 Å². The van der Waals surface area contributed by atoms with Crippen LogP contribution in [0.1, 0.15) is 39.5 Å². The Bertz CT molecular complexity index is 78.0. The van der Waals surface area contributed by atoms with Gasteiger partial charge in [0.05, 0.1) is 0 Å². The van der Waals surface area contributed by atoms with Crippen LogP contribution in [-0.4, -0.2) is 0 Å². The third-order valence-corrected chi connectivity index (χ3v) is 1.96. The molecule has 0 aliphatic rings. The highest BCUT2D eigenvalue weighted by atomic mass is 14.0. The van der Waals surface area contributed by atoms with Gasteiger partial charge in [-0.1, -0.05) is 38.8 Å². The maximum absolute atomic E-state index is 3.75. The topological polar surface area (TPSA) is 0 Å². The molecule has 0 unspecified atom stereocenters. The zero-order valence-electron chi connectivity index (χ0n) is 7.27. The van der Waals surface area contributed by atoms with Crippen molar-refractivity contribution in [1.82, 2.24) is 0 Å². The molecule has 0 fully saturated rings. The molecule has 10 heavy (non-hydrogen) atoms. The van der Waals surface area contributed by atoms with Gasteiger partial charge in [-0.3, -0.25) is 0 Å². The lowest BCUT2D eigenvalue weighted by molar-refractivity contribution is 0.499. The Morgan fingerprint density at radius 3 is 2.20 bits per heavy atom. The van der Waals surface area contributed by atoms with Gasteiger partial charge in [-0.05, 0) is 25.7 Å². The Balaban J connectivity index is 3.34. The molecule has 0 saturated heterocycles. The molecule has 59 valence electrons. The summed E-state index contributed by atoms with van der Waals surface area (Å²) < 4.78 is 0. The Morgan fingerprint density at radius 2 is 1.80 bits per heavy atom. The van der Waals surface area contributed by atoms with E-state index in [1.54, 1.807) is 0 Å². The highest BCUT2D eigenvalue weighted by molar-refractivity contribution is 4.83. The first-order valence-electron chi connectivity index (χ1n) is 4.29. The lowest BCUT2D eigenvalue weighted by atomic mass is 9.99. The normalized spacial score (nSPS) is 11.6. The van der Waals surface area contributed by atoms with E-state index in [0.717, 1.165) is 12.3 Å². The van der Waals surface area contributed by atoms with Gasteiger partial charge in [0, 0.05) is 0 Å². The Kier molecular flexibility index (Phi) is 6.68. The van der Waals surface area contributed by atoms with Crippen molar-refractivity contribution in [2.45, 2.75) is 39.5 Å². The minimum Gasteiger partial charge on any atom is -0.0885 e. The van der Waals surface area contributed by atoms with Crippen LogP contribution in [-0.2, 0) is 0 Å². The maximum atomic E-state index is 3.75. The van der Waals surface area contributed by atoms with E-state index in [-0.39, 0.29) is 0 Å². The van der Waals surface area contributed by atoms with Gasteiger partial charge in [-0.25, -0.2) is 0 Å². The van der Waals surface area contributed by atoms with Gasteiger partial charge in [-0.15, -0.1) is 0 Å². The van der Waals surface area contributed by atoms with Gasteiger partial charge in [0.2, 0.25) is 0 Å². The molecule has 0 spiro atoms. The van der Waals surface area contributed by atoms with E-state index in [0.29, 0.717) is 0 Å². The van der Waals surface area contributed by atoms with Gasteiger partial charge < -0.3 is 0 Å². The second-order valence-electron chi connectivity index (χ2n) is 2.68. The summed E-state index contributed by atoms with van der Waals surface area (Å²) in [6, 6.07) is 0. The lowest BCUT2D eigenvalue weighted by Crippen LogP contribution is -1.93. The summed E-state index contributed by atoms with van der Waals surface area (Å²) >= 11 is 0. The van der Waals surface area contributed by atoms with Crippen LogP contribution in [0.5, 0.6) is 0 Å². The Hall–Kier alpha value is -0.260. The van der Waals surface area contributed by atoms with Crippen LogP contribution in [0, 0.1) is 12.8 Å². The standard InChI is InChI=1S/C10H19/c1-4-7-8-9-10(5-2)6-3/h7-8,10H,1,4-6,9H2,2-3H3. The van der Waals surface area contributed by atoms with Crippen molar-refractivity contribution in [2.24, 2.45) is 5.92 Å². The van der Waals surface area contributed by atoms with E-state index in [2.05, 4.69) is 32.9 Å². The quantitative estimate of drug-likeness (QED) is 0.510. The first-order chi connectivity index (χ1) is 4.85. The number of hydrogen-bond donors (Lipinski definition) is 0. The van der Waals surface area contributed by atoms with Crippen molar-refractivity contribution in [3.63, 3.8) is 0 Å². The van der Waals surface area contributed by atoms with E-state index in [1.165, 1.54) is 19.3 Å². The Morgan fingerprint density at radius 1 is 1.20 bits per heavy atom. The fourth-order valence-corrected chi connectivity index (χ4v) is 1.03. The summed E-state index contributed by atoms with van der Waals surface area (Å²) in [5.74, 6) is 0.891. The molecule has 0 aromatic rings. The van der Waals surface area contributed by atoms with Crippen LogP contribution in [0.15, 0.2) is 12.2 Å². The number of rotatable bonds is 5. The molecule has 0 aliphatic heterocycles.